The Morgan fingerprint density at radius 1 is 1.00 bits per heavy atom. The summed E-state index contributed by atoms with van der Waals surface area (Å²) in [6.07, 6.45) is -0.00610. The molecule has 104 valence electrons. The van der Waals surface area contributed by atoms with Crippen molar-refractivity contribution in [3.05, 3.63) is 64.1 Å². The highest BCUT2D eigenvalue weighted by molar-refractivity contribution is 6.42. The van der Waals surface area contributed by atoms with Gasteiger partial charge >= 0.3 is 0 Å². The van der Waals surface area contributed by atoms with Crippen LogP contribution in [-0.2, 0) is 0 Å². The Hall–Kier alpha value is -1.22. The van der Waals surface area contributed by atoms with Crippen molar-refractivity contribution in [2.45, 2.75) is 6.10 Å². The van der Waals surface area contributed by atoms with Gasteiger partial charge in [0.1, 0.15) is 11.9 Å². The van der Waals surface area contributed by atoms with E-state index in [-0.39, 0.29) is 6.10 Å². The van der Waals surface area contributed by atoms with Gasteiger partial charge < -0.3 is 10.1 Å². The molecular formula is C16H15Cl2NO. The molecule has 0 saturated carbocycles. The van der Waals surface area contributed by atoms with Crippen molar-refractivity contribution in [2.24, 2.45) is 5.92 Å². The summed E-state index contributed by atoms with van der Waals surface area (Å²) in [6, 6.07) is 15.6. The van der Waals surface area contributed by atoms with Crippen LogP contribution in [0, 0.1) is 5.92 Å². The molecule has 2 aromatic carbocycles. The van der Waals surface area contributed by atoms with Crippen molar-refractivity contribution in [3.8, 4) is 5.75 Å². The first-order valence-corrected chi connectivity index (χ1v) is 7.37. The van der Waals surface area contributed by atoms with E-state index < -0.39 is 0 Å². The zero-order valence-corrected chi connectivity index (χ0v) is 12.4. The highest BCUT2D eigenvalue weighted by atomic mass is 35.5. The van der Waals surface area contributed by atoms with Crippen LogP contribution < -0.4 is 10.1 Å². The van der Waals surface area contributed by atoms with Crippen LogP contribution in [0.15, 0.2) is 48.5 Å². The van der Waals surface area contributed by atoms with Crippen molar-refractivity contribution < 1.29 is 4.74 Å². The molecule has 1 heterocycles. The van der Waals surface area contributed by atoms with Gasteiger partial charge in [0.05, 0.1) is 10.0 Å². The third kappa shape index (κ3) is 2.93. The predicted octanol–water partition coefficient (Wildman–Crippen LogP) is 4.33. The number of halogens is 2. The second-order valence-electron chi connectivity index (χ2n) is 4.94. The predicted molar refractivity (Wildman–Crippen MR) is 82.6 cm³/mol. The topological polar surface area (TPSA) is 21.3 Å². The van der Waals surface area contributed by atoms with E-state index in [1.807, 2.05) is 48.5 Å². The Morgan fingerprint density at radius 2 is 1.75 bits per heavy atom. The highest BCUT2D eigenvalue weighted by Gasteiger charge is 2.30. The summed E-state index contributed by atoms with van der Waals surface area (Å²) in [5, 5.41) is 4.42. The maximum Gasteiger partial charge on any atom is 0.129 e. The molecule has 1 aliphatic rings. The number of para-hydroxylation sites is 1. The molecule has 0 amide bonds. The van der Waals surface area contributed by atoms with Crippen LogP contribution >= 0.6 is 23.2 Å². The summed E-state index contributed by atoms with van der Waals surface area (Å²) >= 11 is 12.1. The number of hydrogen-bond donors (Lipinski definition) is 1. The van der Waals surface area contributed by atoms with Gasteiger partial charge in [0.25, 0.3) is 0 Å². The van der Waals surface area contributed by atoms with E-state index >= 15 is 0 Å². The Bertz CT molecular complexity index is 584. The lowest BCUT2D eigenvalue weighted by Gasteiger charge is -2.35. The number of rotatable bonds is 4. The number of nitrogens with one attached hydrogen (secondary N) is 1. The van der Waals surface area contributed by atoms with E-state index in [9.17, 15) is 0 Å². The molecule has 2 aromatic rings. The maximum absolute atomic E-state index is 6.16. The first-order valence-electron chi connectivity index (χ1n) is 6.61. The first-order chi connectivity index (χ1) is 9.74. The van der Waals surface area contributed by atoms with Crippen molar-refractivity contribution in [3.63, 3.8) is 0 Å². The van der Waals surface area contributed by atoms with E-state index in [1.54, 1.807) is 0 Å². The minimum Gasteiger partial charge on any atom is -0.485 e. The average Bonchev–Trinajstić information content (AvgIpc) is 2.40. The summed E-state index contributed by atoms with van der Waals surface area (Å²) in [6.45, 7) is 1.91. The van der Waals surface area contributed by atoms with Gasteiger partial charge in [-0.25, -0.2) is 0 Å². The molecule has 3 rings (SSSR count). The molecular weight excluding hydrogens is 293 g/mol. The third-order valence-electron chi connectivity index (χ3n) is 3.52. The second-order valence-corrected chi connectivity index (χ2v) is 5.76. The van der Waals surface area contributed by atoms with Gasteiger partial charge in [-0.1, -0.05) is 47.5 Å². The third-order valence-corrected chi connectivity index (χ3v) is 4.26. The fourth-order valence-corrected chi connectivity index (χ4v) is 2.60. The van der Waals surface area contributed by atoms with Crippen LogP contribution in [0.25, 0.3) is 0 Å². The summed E-state index contributed by atoms with van der Waals surface area (Å²) in [5.74, 6) is 1.32. The fourth-order valence-electron chi connectivity index (χ4n) is 2.30. The smallest absolute Gasteiger partial charge is 0.129 e. The normalized spacial score (nSPS) is 16.5. The lowest BCUT2D eigenvalue weighted by molar-refractivity contribution is 0.0993. The molecule has 0 aliphatic carbocycles. The van der Waals surface area contributed by atoms with Gasteiger partial charge in [-0.3, -0.25) is 0 Å². The lowest BCUT2D eigenvalue weighted by Crippen LogP contribution is -2.46. The zero-order chi connectivity index (χ0) is 13.9. The fraction of sp³-hybridized carbons (Fsp3) is 0.250. The summed E-state index contributed by atoms with van der Waals surface area (Å²) in [5.41, 5.74) is 1.06. The van der Waals surface area contributed by atoms with E-state index in [2.05, 4.69) is 5.32 Å². The summed E-state index contributed by atoms with van der Waals surface area (Å²) in [4.78, 5) is 0. The molecule has 1 saturated heterocycles. The zero-order valence-electron chi connectivity index (χ0n) is 10.9. The molecule has 2 nitrogen and oxygen atoms in total. The number of hydrogen-bond acceptors (Lipinski definition) is 2. The Balaban J connectivity index is 1.87. The number of ether oxygens (including phenoxy) is 1. The molecule has 1 fully saturated rings. The van der Waals surface area contributed by atoms with Crippen molar-refractivity contribution in [2.75, 3.05) is 13.1 Å². The van der Waals surface area contributed by atoms with Crippen LogP contribution in [0.3, 0.4) is 0 Å². The van der Waals surface area contributed by atoms with Crippen LogP contribution in [-0.4, -0.2) is 13.1 Å². The molecule has 0 aromatic heterocycles. The van der Waals surface area contributed by atoms with Gasteiger partial charge in [-0.15, -0.1) is 0 Å². The monoisotopic (exact) mass is 307 g/mol. The average molecular weight is 308 g/mol. The van der Waals surface area contributed by atoms with Gasteiger partial charge in [-0.05, 0) is 29.8 Å². The van der Waals surface area contributed by atoms with E-state index in [1.165, 1.54) is 0 Å². The standard InChI is InChI=1S/C16H15Cl2NO/c17-14-7-6-11(8-15(14)18)16(12-9-19-10-12)20-13-4-2-1-3-5-13/h1-8,12,16,19H,9-10H2/t16-/m1/s1. The number of benzene rings is 2. The summed E-state index contributed by atoms with van der Waals surface area (Å²) < 4.78 is 6.16. The first kappa shape index (κ1) is 13.7. The van der Waals surface area contributed by atoms with Crippen LogP contribution in [0.2, 0.25) is 10.0 Å². The van der Waals surface area contributed by atoms with Gasteiger partial charge in [-0.2, -0.15) is 0 Å². The van der Waals surface area contributed by atoms with Crippen LogP contribution in [0.5, 0.6) is 5.75 Å². The molecule has 4 heteroatoms. The molecule has 0 radical (unpaired) electrons. The largest absolute Gasteiger partial charge is 0.485 e. The van der Waals surface area contributed by atoms with Crippen LogP contribution in [0.4, 0.5) is 0 Å². The van der Waals surface area contributed by atoms with Crippen molar-refractivity contribution in [1.82, 2.24) is 5.32 Å². The van der Waals surface area contributed by atoms with Crippen LogP contribution in [0.1, 0.15) is 11.7 Å². The SMILES string of the molecule is Clc1ccc([C@@H](Oc2ccccc2)C2CNC2)cc1Cl. The quantitative estimate of drug-likeness (QED) is 0.907. The molecule has 0 bridgehead atoms. The summed E-state index contributed by atoms with van der Waals surface area (Å²) in [7, 11) is 0. The van der Waals surface area contributed by atoms with E-state index in [0.717, 1.165) is 24.4 Å². The molecule has 0 unspecified atom stereocenters. The lowest BCUT2D eigenvalue weighted by atomic mass is 9.91. The maximum atomic E-state index is 6.16. The Morgan fingerprint density at radius 3 is 2.35 bits per heavy atom. The molecule has 1 aliphatic heterocycles. The highest BCUT2D eigenvalue weighted by Crippen LogP contribution is 2.33. The molecule has 1 N–H and O–H groups in total. The van der Waals surface area contributed by atoms with Crippen molar-refractivity contribution >= 4 is 23.2 Å². The minimum atomic E-state index is -0.00610. The Kier molecular flexibility index (Phi) is 4.16. The molecule has 0 spiro atoms. The minimum absolute atomic E-state index is 0.00610. The second kappa shape index (κ2) is 6.04. The molecule has 20 heavy (non-hydrogen) atoms. The van der Waals surface area contributed by atoms with E-state index in [0.29, 0.717) is 16.0 Å². The van der Waals surface area contributed by atoms with Gasteiger partial charge in [0.15, 0.2) is 0 Å². The van der Waals surface area contributed by atoms with Gasteiger partial charge in [0.2, 0.25) is 0 Å². The van der Waals surface area contributed by atoms with Gasteiger partial charge in [0, 0.05) is 19.0 Å². The Labute approximate surface area is 128 Å². The van der Waals surface area contributed by atoms with E-state index in [4.69, 9.17) is 27.9 Å². The molecule has 1 atom stereocenters. The van der Waals surface area contributed by atoms with Crippen molar-refractivity contribution in [1.29, 1.82) is 0 Å².